The number of carbonyl (C=O) groups is 1. The van der Waals surface area contributed by atoms with Crippen LogP contribution in [0.15, 0.2) is 65.8 Å². The summed E-state index contributed by atoms with van der Waals surface area (Å²) >= 11 is 0. The molecule has 0 atom stereocenters. The maximum Gasteiger partial charge on any atom is 0.261 e. The van der Waals surface area contributed by atoms with Crippen LogP contribution in [0.1, 0.15) is 10.4 Å². The molecule has 0 fully saturated rings. The van der Waals surface area contributed by atoms with Gasteiger partial charge in [-0.3, -0.25) is 14.5 Å². The number of hydrogen-bond donors (Lipinski definition) is 2. The first kappa shape index (κ1) is 20.5. The van der Waals surface area contributed by atoms with Crippen molar-refractivity contribution in [2.24, 2.45) is 0 Å². The molecule has 3 aromatic rings. The van der Waals surface area contributed by atoms with Gasteiger partial charge in [0.25, 0.3) is 15.9 Å². The van der Waals surface area contributed by atoms with Crippen molar-refractivity contribution in [3.8, 4) is 17.2 Å². The predicted molar refractivity (Wildman–Crippen MR) is 113 cm³/mol. The molecule has 0 radical (unpaired) electrons. The number of aromatic nitrogens is 1. The van der Waals surface area contributed by atoms with E-state index in [1.165, 1.54) is 37.7 Å². The van der Waals surface area contributed by atoms with Crippen LogP contribution in [0.5, 0.6) is 17.2 Å². The van der Waals surface area contributed by atoms with E-state index < -0.39 is 15.9 Å². The van der Waals surface area contributed by atoms with Gasteiger partial charge in [-0.05, 0) is 42.5 Å². The summed E-state index contributed by atoms with van der Waals surface area (Å²) < 4.78 is 43.6. The van der Waals surface area contributed by atoms with Crippen LogP contribution in [-0.2, 0) is 10.0 Å². The molecule has 0 bridgehead atoms. The van der Waals surface area contributed by atoms with E-state index in [-0.39, 0.29) is 16.1 Å². The second-order valence-electron chi connectivity index (χ2n) is 6.56. The fourth-order valence-electron chi connectivity index (χ4n) is 2.91. The lowest BCUT2D eigenvalue weighted by molar-refractivity contribution is 0.102. The van der Waals surface area contributed by atoms with Gasteiger partial charge in [0.05, 0.1) is 29.5 Å². The molecule has 4 rings (SSSR count). The molecule has 31 heavy (non-hydrogen) atoms. The molecule has 1 aromatic heterocycles. The smallest absolute Gasteiger partial charge is 0.261 e. The highest BCUT2D eigenvalue weighted by atomic mass is 32.2. The summed E-state index contributed by atoms with van der Waals surface area (Å²) in [7, 11) is -2.36. The van der Waals surface area contributed by atoms with Gasteiger partial charge in [-0.1, -0.05) is 0 Å². The quantitative estimate of drug-likeness (QED) is 0.604. The molecule has 2 heterocycles. The maximum absolute atomic E-state index is 12.6. The largest absolute Gasteiger partial charge is 0.497 e. The van der Waals surface area contributed by atoms with Crippen molar-refractivity contribution < 1.29 is 27.4 Å². The van der Waals surface area contributed by atoms with Crippen LogP contribution in [0.25, 0.3) is 0 Å². The van der Waals surface area contributed by atoms with Crippen molar-refractivity contribution in [3.63, 3.8) is 0 Å². The van der Waals surface area contributed by atoms with Gasteiger partial charge in [-0.25, -0.2) is 8.42 Å². The number of ether oxygens (including phenoxy) is 3. The first-order valence-corrected chi connectivity index (χ1v) is 10.8. The average Bonchev–Trinajstić information content (AvgIpc) is 2.79. The summed E-state index contributed by atoms with van der Waals surface area (Å²) in [6.07, 6.45) is 2.67. The van der Waals surface area contributed by atoms with Gasteiger partial charge in [0.1, 0.15) is 19.0 Å². The molecule has 10 heteroatoms. The Morgan fingerprint density at radius 1 is 0.968 bits per heavy atom. The van der Waals surface area contributed by atoms with Crippen LogP contribution in [0, 0.1) is 0 Å². The standard InChI is InChI=1S/C21H19N3O6S/c1-28-17-3-5-18(6-4-17)31(26,27)24-16-10-14(12-22-13-16)21(25)23-15-2-7-19-20(11-15)30-9-8-29-19/h2-7,10-13,24H,8-9H2,1H3,(H,23,25). The molecular weight excluding hydrogens is 422 g/mol. The van der Waals surface area contributed by atoms with Crippen LogP contribution in [-0.4, -0.2) is 39.6 Å². The highest BCUT2D eigenvalue weighted by Gasteiger charge is 2.17. The van der Waals surface area contributed by atoms with E-state index in [0.717, 1.165) is 0 Å². The molecule has 1 aliphatic rings. The first-order chi connectivity index (χ1) is 14.9. The summed E-state index contributed by atoms with van der Waals surface area (Å²) in [5.74, 6) is 1.25. The highest BCUT2D eigenvalue weighted by Crippen LogP contribution is 2.32. The third-order valence-corrected chi connectivity index (χ3v) is 5.82. The van der Waals surface area contributed by atoms with Gasteiger partial charge in [0.2, 0.25) is 0 Å². The van der Waals surface area contributed by atoms with Crippen LogP contribution in [0.4, 0.5) is 11.4 Å². The molecule has 1 aliphatic heterocycles. The number of carbonyl (C=O) groups excluding carboxylic acids is 1. The van der Waals surface area contributed by atoms with Crippen LogP contribution in [0.2, 0.25) is 0 Å². The SMILES string of the molecule is COc1ccc(S(=O)(=O)Nc2cncc(C(=O)Nc3ccc4c(c3)OCCO4)c2)cc1. The molecule has 2 aromatic carbocycles. The van der Waals surface area contributed by atoms with Gasteiger partial charge in [-0.2, -0.15) is 0 Å². The molecule has 0 unspecified atom stereocenters. The van der Waals surface area contributed by atoms with Gasteiger partial charge in [0.15, 0.2) is 11.5 Å². The number of hydrogen-bond acceptors (Lipinski definition) is 7. The Balaban J connectivity index is 1.49. The first-order valence-electron chi connectivity index (χ1n) is 9.27. The minimum Gasteiger partial charge on any atom is -0.497 e. The van der Waals surface area contributed by atoms with Crippen LogP contribution >= 0.6 is 0 Å². The molecule has 9 nitrogen and oxygen atoms in total. The number of benzene rings is 2. The Bertz CT molecular complexity index is 1210. The van der Waals surface area contributed by atoms with Gasteiger partial charge in [-0.15, -0.1) is 0 Å². The second kappa shape index (κ2) is 8.52. The van der Waals surface area contributed by atoms with Crippen LogP contribution < -0.4 is 24.2 Å². The summed E-state index contributed by atoms with van der Waals surface area (Å²) in [6.45, 7) is 0.911. The van der Waals surface area contributed by atoms with Crippen molar-refractivity contribution >= 4 is 27.3 Å². The fraction of sp³-hybridized carbons (Fsp3) is 0.143. The van der Waals surface area contributed by atoms with E-state index in [0.29, 0.717) is 36.1 Å². The van der Waals surface area contributed by atoms with E-state index in [9.17, 15) is 13.2 Å². The highest BCUT2D eigenvalue weighted by molar-refractivity contribution is 7.92. The third-order valence-electron chi connectivity index (χ3n) is 4.42. The minimum atomic E-state index is -3.86. The van der Waals surface area contributed by atoms with Crippen molar-refractivity contribution in [2.45, 2.75) is 4.90 Å². The zero-order chi connectivity index (χ0) is 21.8. The summed E-state index contributed by atoms with van der Waals surface area (Å²) in [6, 6.07) is 12.4. The van der Waals surface area contributed by atoms with Gasteiger partial charge in [0, 0.05) is 18.0 Å². The zero-order valence-corrected chi connectivity index (χ0v) is 17.3. The number of pyridine rings is 1. The van der Waals surface area contributed by atoms with E-state index in [2.05, 4.69) is 15.0 Å². The molecule has 2 N–H and O–H groups in total. The lowest BCUT2D eigenvalue weighted by Gasteiger charge is -2.19. The van der Waals surface area contributed by atoms with Crippen LogP contribution in [0.3, 0.4) is 0 Å². The molecule has 160 valence electrons. The monoisotopic (exact) mass is 441 g/mol. The lowest BCUT2D eigenvalue weighted by atomic mass is 10.2. The van der Waals surface area contributed by atoms with Gasteiger partial charge >= 0.3 is 0 Å². The number of methoxy groups -OCH3 is 1. The average molecular weight is 441 g/mol. The van der Waals surface area contributed by atoms with Crippen molar-refractivity contribution in [2.75, 3.05) is 30.4 Å². The molecule has 1 amide bonds. The zero-order valence-electron chi connectivity index (χ0n) is 16.5. The summed E-state index contributed by atoms with van der Waals surface area (Å²) in [4.78, 5) is 16.7. The number of amides is 1. The Kier molecular flexibility index (Phi) is 5.63. The number of rotatable bonds is 6. The third kappa shape index (κ3) is 4.69. The maximum atomic E-state index is 12.6. The molecule has 0 saturated carbocycles. The predicted octanol–water partition coefficient (Wildman–Crippen LogP) is 2.91. The minimum absolute atomic E-state index is 0.0550. The van der Waals surface area contributed by atoms with E-state index in [1.54, 1.807) is 30.3 Å². The fourth-order valence-corrected chi connectivity index (χ4v) is 3.95. The number of anilines is 2. The van der Waals surface area contributed by atoms with E-state index in [4.69, 9.17) is 14.2 Å². The number of fused-ring (bicyclic) bond motifs is 1. The van der Waals surface area contributed by atoms with E-state index in [1.807, 2.05) is 0 Å². The van der Waals surface area contributed by atoms with Crippen molar-refractivity contribution in [3.05, 3.63) is 66.5 Å². The van der Waals surface area contributed by atoms with E-state index >= 15 is 0 Å². The number of nitrogens with one attached hydrogen (secondary N) is 2. The molecule has 0 aliphatic carbocycles. The Hall–Kier alpha value is -3.79. The summed E-state index contributed by atoms with van der Waals surface area (Å²) in [5, 5.41) is 2.74. The molecule has 0 saturated heterocycles. The van der Waals surface area contributed by atoms with Gasteiger partial charge < -0.3 is 19.5 Å². The van der Waals surface area contributed by atoms with Crippen molar-refractivity contribution in [1.29, 1.82) is 0 Å². The molecule has 0 spiro atoms. The Morgan fingerprint density at radius 3 is 2.45 bits per heavy atom. The summed E-state index contributed by atoms with van der Waals surface area (Å²) in [5.41, 5.74) is 0.855. The number of sulfonamides is 1. The Morgan fingerprint density at radius 2 is 1.71 bits per heavy atom. The Labute approximate surface area is 179 Å². The second-order valence-corrected chi connectivity index (χ2v) is 8.24. The van der Waals surface area contributed by atoms with Crippen molar-refractivity contribution in [1.82, 2.24) is 4.98 Å². The number of nitrogens with zero attached hydrogens (tertiary/aromatic N) is 1. The normalized spacial score (nSPS) is 12.7. The molecular formula is C21H19N3O6S. The lowest BCUT2D eigenvalue weighted by Crippen LogP contribution is -2.17. The topological polar surface area (TPSA) is 116 Å².